The van der Waals surface area contributed by atoms with Gasteiger partial charge in [-0.05, 0) is 30.9 Å². The van der Waals surface area contributed by atoms with Gasteiger partial charge in [0.1, 0.15) is 0 Å². The highest BCUT2D eigenvalue weighted by Crippen LogP contribution is 2.24. The van der Waals surface area contributed by atoms with Crippen molar-refractivity contribution in [3.63, 3.8) is 0 Å². The molecule has 2 heteroatoms. The summed E-state index contributed by atoms with van der Waals surface area (Å²) in [7, 11) is 0. The Bertz CT molecular complexity index is 310. The Kier molecular flexibility index (Phi) is 3.83. The van der Waals surface area contributed by atoms with Gasteiger partial charge in [-0.25, -0.2) is 0 Å². The third-order valence-electron chi connectivity index (χ3n) is 3.39. The van der Waals surface area contributed by atoms with Crippen LogP contribution in [0.2, 0.25) is 0 Å². The molecule has 0 spiro atoms. The molecule has 1 aromatic carbocycles. The van der Waals surface area contributed by atoms with E-state index in [0.717, 1.165) is 12.5 Å². The molecule has 0 aromatic heterocycles. The maximum Gasteiger partial charge on any atom is 0.0366 e. The Morgan fingerprint density at radius 2 is 2.00 bits per heavy atom. The number of benzene rings is 1. The molecule has 2 unspecified atom stereocenters. The molecule has 0 bridgehead atoms. The first-order chi connectivity index (χ1) is 7.79. The molecule has 1 fully saturated rings. The topological polar surface area (TPSA) is 29.3 Å². The summed E-state index contributed by atoms with van der Waals surface area (Å²) >= 11 is 0. The van der Waals surface area contributed by atoms with E-state index in [2.05, 4.69) is 42.2 Å². The van der Waals surface area contributed by atoms with E-state index in [9.17, 15) is 0 Å². The summed E-state index contributed by atoms with van der Waals surface area (Å²) in [6.45, 7) is 4.43. The lowest BCUT2D eigenvalue weighted by Crippen LogP contribution is -2.47. The molecular formula is C14H22N2. The maximum atomic E-state index is 6.14. The Morgan fingerprint density at radius 1 is 1.25 bits per heavy atom. The van der Waals surface area contributed by atoms with Crippen molar-refractivity contribution in [1.82, 2.24) is 0 Å². The molecule has 0 aliphatic carbocycles. The van der Waals surface area contributed by atoms with Crippen LogP contribution in [0.1, 0.15) is 26.2 Å². The molecule has 1 heterocycles. The summed E-state index contributed by atoms with van der Waals surface area (Å²) in [6, 6.07) is 11.0. The Balaban J connectivity index is 2.04. The fourth-order valence-corrected chi connectivity index (χ4v) is 2.71. The van der Waals surface area contributed by atoms with Gasteiger partial charge in [0.25, 0.3) is 0 Å². The lowest BCUT2D eigenvalue weighted by Gasteiger charge is -2.37. The lowest BCUT2D eigenvalue weighted by molar-refractivity contribution is 0.355. The molecule has 0 amide bonds. The van der Waals surface area contributed by atoms with E-state index >= 15 is 0 Å². The molecule has 1 aromatic rings. The third kappa shape index (κ3) is 2.76. The first-order valence-electron chi connectivity index (χ1n) is 6.35. The predicted octanol–water partition coefficient (Wildman–Crippen LogP) is 2.64. The quantitative estimate of drug-likeness (QED) is 0.845. The number of para-hydroxylation sites is 1. The molecular weight excluding hydrogens is 196 g/mol. The van der Waals surface area contributed by atoms with Gasteiger partial charge in [0.15, 0.2) is 0 Å². The van der Waals surface area contributed by atoms with Crippen molar-refractivity contribution < 1.29 is 0 Å². The third-order valence-corrected chi connectivity index (χ3v) is 3.39. The van der Waals surface area contributed by atoms with Crippen molar-refractivity contribution in [3.8, 4) is 0 Å². The summed E-state index contributed by atoms with van der Waals surface area (Å²) in [5, 5.41) is 0. The number of rotatable bonds is 3. The Morgan fingerprint density at radius 3 is 2.69 bits per heavy atom. The van der Waals surface area contributed by atoms with Gasteiger partial charge in [0.05, 0.1) is 0 Å². The molecule has 2 nitrogen and oxygen atoms in total. The molecule has 1 aliphatic rings. The highest BCUT2D eigenvalue weighted by molar-refractivity contribution is 5.46. The summed E-state index contributed by atoms with van der Waals surface area (Å²) < 4.78 is 0. The van der Waals surface area contributed by atoms with Gasteiger partial charge in [0, 0.05) is 24.8 Å². The van der Waals surface area contributed by atoms with Gasteiger partial charge in [-0.1, -0.05) is 31.5 Å². The van der Waals surface area contributed by atoms with Gasteiger partial charge >= 0.3 is 0 Å². The number of hydrogen-bond donors (Lipinski definition) is 1. The molecule has 16 heavy (non-hydrogen) atoms. The molecule has 2 atom stereocenters. The molecule has 2 rings (SSSR count). The van der Waals surface area contributed by atoms with Crippen molar-refractivity contribution >= 4 is 5.69 Å². The van der Waals surface area contributed by atoms with E-state index in [1.54, 1.807) is 0 Å². The van der Waals surface area contributed by atoms with E-state index in [4.69, 9.17) is 5.73 Å². The first-order valence-corrected chi connectivity index (χ1v) is 6.35. The van der Waals surface area contributed by atoms with Crippen LogP contribution in [0.3, 0.4) is 0 Å². The van der Waals surface area contributed by atoms with E-state index in [1.165, 1.54) is 31.5 Å². The van der Waals surface area contributed by atoms with Crippen molar-refractivity contribution in [1.29, 1.82) is 0 Å². The average molecular weight is 218 g/mol. The van der Waals surface area contributed by atoms with E-state index in [1.807, 2.05) is 0 Å². The first kappa shape index (κ1) is 11.5. The normalized spacial score (nSPS) is 25.8. The van der Waals surface area contributed by atoms with Crippen LogP contribution in [0.4, 0.5) is 5.69 Å². The SMILES string of the molecule is CCCC1CC(N)CN(c2ccccc2)C1. The van der Waals surface area contributed by atoms with Gasteiger partial charge in [-0.15, -0.1) is 0 Å². The van der Waals surface area contributed by atoms with Crippen LogP contribution in [0, 0.1) is 5.92 Å². The standard InChI is InChI=1S/C14H22N2/c1-2-6-12-9-13(15)11-16(10-12)14-7-4-3-5-8-14/h3-5,7-8,12-13H,2,6,9-11,15H2,1H3. The fourth-order valence-electron chi connectivity index (χ4n) is 2.71. The minimum atomic E-state index is 0.338. The van der Waals surface area contributed by atoms with Crippen molar-refractivity contribution in [3.05, 3.63) is 30.3 Å². The zero-order valence-electron chi connectivity index (χ0n) is 10.1. The Labute approximate surface area is 98.4 Å². The smallest absolute Gasteiger partial charge is 0.0366 e. The van der Waals surface area contributed by atoms with Crippen LogP contribution in [0.5, 0.6) is 0 Å². The number of piperidine rings is 1. The van der Waals surface area contributed by atoms with Gasteiger partial charge < -0.3 is 10.6 Å². The second-order valence-corrected chi connectivity index (χ2v) is 4.89. The van der Waals surface area contributed by atoms with Crippen LogP contribution in [0.25, 0.3) is 0 Å². The minimum Gasteiger partial charge on any atom is -0.370 e. The second-order valence-electron chi connectivity index (χ2n) is 4.89. The summed E-state index contributed by atoms with van der Waals surface area (Å²) in [6.07, 6.45) is 3.76. The fraction of sp³-hybridized carbons (Fsp3) is 0.571. The van der Waals surface area contributed by atoms with Gasteiger partial charge in [-0.2, -0.15) is 0 Å². The molecule has 0 radical (unpaired) electrons. The Hall–Kier alpha value is -1.02. The largest absolute Gasteiger partial charge is 0.370 e. The van der Waals surface area contributed by atoms with Crippen LogP contribution in [-0.4, -0.2) is 19.1 Å². The van der Waals surface area contributed by atoms with Crippen LogP contribution >= 0.6 is 0 Å². The maximum absolute atomic E-state index is 6.14. The highest BCUT2D eigenvalue weighted by atomic mass is 15.2. The zero-order chi connectivity index (χ0) is 11.4. The molecule has 1 aliphatic heterocycles. The number of anilines is 1. The summed E-state index contributed by atoms with van der Waals surface area (Å²) in [5.41, 5.74) is 7.46. The number of nitrogens with zero attached hydrogens (tertiary/aromatic N) is 1. The molecule has 2 N–H and O–H groups in total. The monoisotopic (exact) mass is 218 g/mol. The van der Waals surface area contributed by atoms with E-state index in [0.29, 0.717) is 6.04 Å². The summed E-state index contributed by atoms with van der Waals surface area (Å²) in [4.78, 5) is 2.44. The van der Waals surface area contributed by atoms with Crippen LogP contribution in [0.15, 0.2) is 30.3 Å². The molecule has 88 valence electrons. The van der Waals surface area contributed by atoms with E-state index < -0.39 is 0 Å². The van der Waals surface area contributed by atoms with Crippen LogP contribution in [-0.2, 0) is 0 Å². The van der Waals surface area contributed by atoms with Crippen molar-refractivity contribution in [2.24, 2.45) is 11.7 Å². The van der Waals surface area contributed by atoms with E-state index in [-0.39, 0.29) is 0 Å². The summed E-state index contributed by atoms with van der Waals surface area (Å²) in [5.74, 6) is 0.772. The lowest BCUT2D eigenvalue weighted by atomic mass is 9.91. The number of nitrogens with two attached hydrogens (primary N) is 1. The highest BCUT2D eigenvalue weighted by Gasteiger charge is 2.24. The number of hydrogen-bond acceptors (Lipinski definition) is 2. The minimum absolute atomic E-state index is 0.338. The van der Waals surface area contributed by atoms with Crippen LogP contribution < -0.4 is 10.6 Å². The average Bonchev–Trinajstić information content (AvgIpc) is 2.30. The second kappa shape index (κ2) is 5.35. The zero-order valence-corrected chi connectivity index (χ0v) is 10.1. The molecule has 1 saturated heterocycles. The predicted molar refractivity (Wildman–Crippen MR) is 69.6 cm³/mol. The van der Waals surface area contributed by atoms with Gasteiger partial charge in [0.2, 0.25) is 0 Å². The molecule has 0 saturated carbocycles. The van der Waals surface area contributed by atoms with Crippen molar-refractivity contribution in [2.75, 3.05) is 18.0 Å². The van der Waals surface area contributed by atoms with Gasteiger partial charge in [-0.3, -0.25) is 0 Å². The van der Waals surface area contributed by atoms with Crippen molar-refractivity contribution in [2.45, 2.75) is 32.2 Å².